The standard InChI is InChI=1S/C16H17BrClNO2/c1-10-6-12(18)4-5-14(10)19-9-11-7-15(20-2)16(21-3)8-13(11)17/h4-8,19H,9H2,1-3H3. The van der Waals surface area contributed by atoms with E-state index in [4.69, 9.17) is 21.1 Å². The lowest BCUT2D eigenvalue weighted by Crippen LogP contribution is -2.03. The SMILES string of the molecule is COc1cc(Br)c(CNc2ccc(Cl)cc2C)cc1OC. The Morgan fingerprint density at radius 2 is 1.76 bits per heavy atom. The van der Waals surface area contributed by atoms with Crippen LogP contribution in [-0.4, -0.2) is 14.2 Å². The van der Waals surface area contributed by atoms with E-state index in [9.17, 15) is 0 Å². The summed E-state index contributed by atoms with van der Waals surface area (Å²) in [4.78, 5) is 0. The third-order valence-corrected chi connectivity index (χ3v) is 4.18. The van der Waals surface area contributed by atoms with Gasteiger partial charge in [-0.3, -0.25) is 0 Å². The minimum absolute atomic E-state index is 0.670. The molecule has 0 fully saturated rings. The Morgan fingerprint density at radius 3 is 2.38 bits per heavy atom. The molecule has 3 nitrogen and oxygen atoms in total. The molecule has 0 unspecified atom stereocenters. The van der Waals surface area contributed by atoms with Crippen LogP contribution in [0.4, 0.5) is 5.69 Å². The number of methoxy groups -OCH3 is 2. The van der Waals surface area contributed by atoms with Crippen LogP contribution in [0.25, 0.3) is 0 Å². The first kappa shape index (κ1) is 16.0. The van der Waals surface area contributed by atoms with E-state index in [1.165, 1.54) is 0 Å². The molecule has 0 bridgehead atoms. The van der Waals surface area contributed by atoms with Gasteiger partial charge in [-0.05, 0) is 48.4 Å². The predicted molar refractivity (Wildman–Crippen MR) is 90.8 cm³/mol. The van der Waals surface area contributed by atoms with Crippen LogP contribution >= 0.6 is 27.5 Å². The summed E-state index contributed by atoms with van der Waals surface area (Å²) in [5.74, 6) is 1.42. The maximum Gasteiger partial charge on any atom is 0.161 e. The van der Waals surface area contributed by atoms with Crippen molar-refractivity contribution < 1.29 is 9.47 Å². The molecule has 0 aliphatic carbocycles. The first-order valence-electron chi connectivity index (χ1n) is 6.45. The highest BCUT2D eigenvalue weighted by Gasteiger charge is 2.09. The van der Waals surface area contributed by atoms with E-state index < -0.39 is 0 Å². The smallest absolute Gasteiger partial charge is 0.161 e. The van der Waals surface area contributed by atoms with Crippen molar-refractivity contribution in [3.63, 3.8) is 0 Å². The number of benzene rings is 2. The zero-order chi connectivity index (χ0) is 15.4. The van der Waals surface area contributed by atoms with Gasteiger partial charge in [0.15, 0.2) is 11.5 Å². The fourth-order valence-corrected chi connectivity index (χ4v) is 2.74. The largest absolute Gasteiger partial charge is 0.493 e. The second kappa shape index (κ2) is 7.05. The second-order valence-electron chi connectivity index (χ2n) is 4.61. The van der Waals surface area contributed by atoms with Gasteiger partial charge in [-0.1, -0.05) is 27.5 Å². The molecule has 0 amide bonds. The van der Waals surface area contributed by atoms with Crippen LogP contribution in [0, 0.1) is 6.92 Å². The molecule has 0 spiro atoms. The van der Waals surface area contributed by atoms with Gasteiger partial charge in [-0.25, -0.2) is 0 Å². The van der Waals surface area contributed by atoms with Crippen molar-refractivity contribution in [3.05, 3.63) is 51.0 Å². The van der Waals surface area contributed by atoms with Crippen LogP contribution in [-0.2, 0) is 6.54 Å². The molecule has 0 saturated carbocycles. The van der Waals surface area contributed by atoms with E-state index in [0.717, 1.165) is 26.3 Å². The molecule has 2 aromatic carbocycles. The fourth-order valence-electron chi connectivity index (χ4n) is 2.05. The predicted octanol–water partition coefficient (Wildman–Crippen LogP) is 5.04. The first-order valence-corrected chi connectivity index (χ1v) is 7.62. The molecular formula is C16H17BrClNO2. The Kier molecular flexibility index (Phi) is 5.37. The monoisotopic (exact) mass is 369 g/mol. The topological polar surface area (TPSA) is 30.5 Å². The van der Waals surface area contributed by atoms with Gasteiger partial charge in [0.05, 0.1) is 14.2 Å². The third-order valence-electron chi connectivity index (χ3n) is 3.21. The molecule has 0 aliphatic heterocycles. The van der Waals surface area contributed by atoms with Gasteiger partial charge < -0.3 is 14.8 Å². The summed E-state index contributed by atoms with van der Waals surface area (Å²) in [5, 5.41) is 4.14. The summed E-state index contributed by atoms with van der Waals surface area (Å²) < 4.78 is 11.6. The maximum absolute atomic E-state index is 5.97. The van der Waals surface area contributed by atoms with Crippen LogP contribution < -0.4 is 14.8 Å². The van der Waals surface area contributed by atoms with E-state index in [-0.39, 0.29) is 0 Å². The number of nitrogens with one attached hydrogen (secondary N) is 1. The maximum atomic E-state index is 5.97. The number of hydrogen-bond donors (Lipinski definition) is 1. The van der Waals surface area contributed by atoms with Crippen LogP contribution in [0.2, 0.25) is 5.02 Å². The zero-order valence-corrected chi connectivity index (χ0v) is 14.5. The van der Waals surface area contributed by atoms with E-state index in [1.807, 2.05) is 37.3 Å². The molecule has 0 atom stereocenters. The van der Waals surface area contributed by atoms with Crippen molar-refractivity contribution in [1.29, 1.82) is 0 Å². The van der Waals surface area contributed by atoms with Crippen molar-refractivity contribution in [1.82, 2.24) is 0 Å². The quantitative estimate of drug-likeness (QED) is 0.800. The Labute approximate surface area is 138 Å². The molecule has 0 saturated heterocycles. The van der Waals surface area contributed by atoms with Gasteiger partial charge in [-0.15, -0.1) is 0 Å². The van der Waals surface area contributed by atoms with Crippen LogP contribution in [0.5, 0.6) is 11.5 Å². The Morgan fingerprint density at radius 1 is 1.10 bits per heavy atom. The van der Waals surface area contributed by atoms with Gasteiger partial charge in [-0.2, -0.15) is 0 Å². The number of halogens is 2. The zero-order valence-electron chi connectivity index (χ0n) is 12.2. The lowest BCUT2D eigenvalue weighted by Gasteiger charge is -2.14. The number of ether oxygens (including phenoxy) is 2. The van der Waals surface area contributed by atoms with E-state index in [1.54, 1.807) is 14.2 Å². The molecule has 2 aromatic rings. The number of anilines is 1. The number of aryl methyl sites for hydroxylation is 1. The molecule has 0 heterocycles. The third kappa shape index (κ3) is 3.83. The Balaban J connectivity index is 2.19. The number of rotatable bonds is 5. The Hall–Kier alpha value is -1.39. The average molecular weight is 371 g/mol. The Bertz CT molecular complexity index is 646. The molecule has 21 heavy (non-hydrogen) atoms. The van der Waals surface area contributed by atoms with E-state index >= 15 is 0 Å². The molecule has 5 heteroatoms. The van der Waals surface area contributed by atoms with Crippen molar-refractivity contribution >= 4 is 33.2 Å². The van der Waals surface area contributed by atoms with Gasteiger partial charge in [0, 0.05) is 21.7 Å². The fraction of sp³-hybridized carbons (Fsp3) is 0.250. The molecular weight excluding hydrogens is 354 g/mol. The highest BCUT2D eigenvalue weighted by atomic mass is 79.9. The van der Waals surface area contributed by atoms with Gasteiger partial charge in [0.25, 0.3) is 0 Å². The molecule has 2 rings (SSSR count). The van der Waals surface area contributed by atoms with Crippen LogP contribution in [0.3, 0.4) is 0 Å². The summed E-state index contributed by atoms with van der Waals surface area (Å²) >= 11 is 9.52. The molecule has 0 aliphatic rings. The summed E-state index contributed by atoms with van der Waals surface area (Å²) in [5.41, 5.74) is 3.25. The lowest BCUT2D eigenvalue weighted by atomic mass is 10.1. The summed E-state index contributed by atoms with van der Waals surface area (Å²) in [6, 6.07) is 9.66. The molecule has 1 N–H and O–H groups in total. The van der Waals surface area contributed by atoms with Crippen molar-refractivity contribution in [2.45, 2.75) is 13.5 Å². The average Bonchev–Trinajstić information content (AvgIpc) is 2.47. The van der Waals surface area contributed by atoms with Crippen LogP contribution in [0.1, 0.15) is 11.1 Å². The van der Waals surface area contributed by atoms with E-state index in [2.05, 4.69) is 21.2 Å². The minimum Gasteiger partial charge on any atom is -0.493 e. The minimum atomic E-state index is 0.670. The van der Waals surface area contributed by atoms with Crippen molar-refractivity contribution in [3.8, 4) is 11.5 Å². The lowest BCUT2D eigenvalue weighted by molar-refractivity contribution is 0.354. The van der Waals surface area contributed by atoms with Gasteiger partial charge in [0.2, 0.25) is 0 Å². The molecule has 112 valence electrons. The summed E-state index contributed by atoms with van der Waals surface area (Å²) in [6.45, 7) is 2.70. The van der Waals surface area contributed by atoms with E-state index in [0.29, 0.717) is 18.0 Å². The normalized spacial score (nSPS) is 10.3. The summed E-state index contributed by atoms with van der Waals surface area (Å²) in [7, 11) is 3.26. The highest BCUT2D eigenvalue weighted by molar-refractivity contribution is 9.10. The van der Waals surface area contributed by atoms with Crippen molar-refractivity contribution in [2.75, 3.05) is 19.5 Å². The van der Waals surface area contributed by atoms with Crippen molar-refractivity contribution in [2.24, 2.45) is 0 Å². The van der Waals surface area contributed by atoms with Crippen LogP contribution in [0.15, 0.2) is 34.8 Å². The highest BCUT2D eigenvalue weighted by Crippen LogP contribution is 2.33. The van der Waals surface area contributed by atoms with Gasteiger partial charge in [0.1, 0.15) is 0 Å². The second-order valence-corrected chi connectivity index (χ2v) is 5.90. The number of hydrogen-bond acceptors (Lipinski definition) is 3. The van der Waals surface area contributed by atoms with Gasteiger partial charge >= 0.3 is 0 Å². The first-order chi connectivity index (χ1) is 10.0. The molecule has 0 radical (unpaired) electrons. The summed E-state index contributed by atoms with van der Waals surface area (Å²) in [6.07, 6.45) is 0. The molecule has 0 aromatic heterocycles.